The fourth-order valence-corrected chi connectivity index (χ4v) is 1.98. The Kier molecular flexibility index (Phi) is 2.36. The van der Waals surface area contributed by atoms with Gasteiger partial charge in [-0.05, 0) is 31.7 Å². The zero-order valence-corrected chi connectivity index (χ0v) is 8.96. The molecule has 0 heterocycles. The lowest BCUT2D eigenvalue weighted by molar-refractivity contribution is 0.0417. The van der Waals surface area contributed by atoms with Crippen LogP contribution in [0.4, 0.5) is 0 Å². The van der Waals surface area contributed by atoms with Gasteiger partial charge >= 0.3 is 0 Å². The summed E-state index contributed by atoms with van der Waals surface area (Å²) < 4.78 is 0. The maximum atomic E-state index is 10.3. The van der Waals surface area contributed by atoms with E-state index in [-0.39, 0.29) is 0 Å². The Hall–Kier alpha value is -0.820. The second-order valence-corrected chi connectivity index (χ2v) is 4.79. The highest BCUT2D eigenvalue weighted by atomic mass is 16.3. The summed E-state index contributed by atoms with van der Waals surface area (Å²) in [5.41, 5.74) is 1.65. The first-order chi connectivity index (χ1) is 6.58. The molecule has 1 aromatic rings. The molecule has 2 rings (SSSR count). The molecular weight excluding hydrogens is 172 g/mol. The molecule has 1 fully saturated rings. The molecule has 1 atom stereocenters. The van der Waals surface area contributed by atoms with E-state index in [1.54, 1.807) is 0 Å². The minimum atomic E-state index is -0.632. The second kappa shape index (κ2) is 3.39. The van der Waals surface area contributed by atoms with E-state index in [0.717, 1.165) is 17.9 Å². The number of rotatable bonds is 3. The molecule has 0 aromatic heterocycles. The summed E-state index contributed by atoms with van der Waals surface area (Å²) in [5.74, 6) is 0.755. The molecule has 0 aliphatic heterocycles. The number of aliphatic hydroxyl groups is 1. The fourth-order valence-electron chi connectivity index (χ4n) is 1.98. The molecule has 0 spiro atoms. The predicted molar refractivity (Wildman–Crippen MR) is 58.1 cm³/mol. The van der Waals surface area contributed by atoms with Crippen molar-refractivity contribution in [1.29, 1.82) is 0 Å². The molecule has 1 heteroatoms. The summed E-state index contributed by atoms with van der Waals surface area (Å²) in [7, 11) is 0. The Morgan fingerprint density at radius 2 is 2.14 bits per heavy atom. The lowest BCUT2D eigenvalue weighted by Crippen LogP contribution is -2.21. The number of benzene rings is 1. The maximum absolute atomic E-state index is 10.3. The first-order valence-electron chi connectivity index (χ1n) is 5.37. The lowest BCUT2D eigenvalue weighted by atomic mass is 9.89. The number of hydrogen-bond acceptors (Lipinski definition) is 1. The summed E-state index contributed by atoms with van der Waals surface area (Å²) in [6, 6.07) is 8.19. The van der Waals surface area contributed by atoms with Crippen molar-refractivity contribution in [2.45, 2.75) is 38.7 Å². The van der Waals surface area contributed by atoms with Gasteiger partial charge in [-0.15, -0.1) is 0 Å². The van der Waals surface area contributed by atoms with Crippen LogP contribution < -0.4 is 0 Å². The first kappa shape index (κ1) is 9.72. The van der Waals surface area contributed by atoms with E-state index in [1.807, 2.05) is 19.1 Å². The van der Waals surface area contributed by atoms with Crippen molar-refractivity contribution in [3.05, 3.63) is 35.4 Å². The van der Waals surface area contributed by atoms with E-state index in [9.17, 15) is 5.11 Å². The van der Waals surface area contributed by atoms with Gasteiger partial charge in [-0.25, -0.2) is 0 Å². The van der Waals surface area contributed by atoms with Crippen LogP contribution >= 0.6 is 0 Å². The zero-order chi connectivity index (χ0) is 10.2. The molecule has 1 nitrogen and oxygen atoms in total. The smallest absolute Gasteiger partial charge is 0.0871 e. The van der Waals surface area contributed by atoms with Gasteiger partial charge in [-0.1, -0.05) is 42.7 Å². The highest BCUT2D eigenvalue weighted by Crippen LogP contribution is 2.40. The molecule has 1 unspecified atom stereocenters. The Bertz CT molecular complexity index is 324. The minimum Gasteiger partial charge on any atom is -0.385 e. The summed E-state index contributed by atoms with van der Waals surface area (Å²) in [6.45, 7) is 4.00. The van der Waals surface area contributed by atoms with Crippen molar-refractivity contribution in [2.75, 3.05) is 0 Å². The van der Waals surface area contributed by atoms with Gasteiger partial charge in [0.2, 0.25) is 0 Å². The van der Waals surface area contributed by atoms with E-state index in [1.165, 1.54) is 18.4 Å². The molecule has 0 amide bonds. The van der Waals surface area contributed by atoms with Crippen molar-refractivity contribution in [3.8, 4) is 0 Å². The molecule has 1 aromatic carbocycles. The van der Waals surface area contributed by atoms with Crippen molar-refractivity contribution >= 4 is 0 Å². The summed E-state index contributed by atoms with van der Waals surface area (Å²) in [6.07, 6.45) is 3.50. The third kappa shape index (κ3) is 2.16. The van der Waals surface area contributed by atoms with E-state index in [4.69, 9.17) is 0 Å². The highest BCUT2D eigenvalue weighted by molar-refractivity contribution is 5.27. The van der Waals surface area contributed by atoms with Crippen molar-refractivity contribution < 1.29 is 5.11 Å². The third-order valence-corrected chi connectivity index (χ3v) is 3.02. The largest absolute Gasteiger partial charge is 0.385 e. The van der Waals surface area contributed by atoms with E-state index in [0.29, 0.717) is 0 Å². The second-order valence-electron chi connectivity index (χ2n) is 4.79. The Morgan fingerprint density at radius 1 is 1.43 bits per heavy atom. The maximum Gasteiger partial charge on any atom is 0.0871 e. The number of aryl methyl sites for hydroxylation is 1. The van der Waals surface area contributed by atoms with Gasteiger partial charge in [0.1, 0.15) is 0 Å². The molecule has 0 bridgehead atoms. The van der Waals surface area contributed by atoms with Crippen LogP contribution in [0, 0.1) is 12.8 Å². The van der Waals surface area contributed by atoms with Gasteiger partial charge in [0.25, 0.3) is 0 Å². The van der Waals surface area contributed by atoms with Crippen LogP contribution in [0.1, 0.15) is 37.3 Å². The molecule has 14 heavy (non-hydrogen) atoms. The monoisotopic (exact) mass is 190 g/mol. The summed E-state index contributed by atoms with van der Waals surface area (Å²) >= 11 is 0. The van der Waals surface area contributed by atoms with E-state index >= 15 is 0 Å². The van der Waals surface area contributed by atoms with Gasteiger partial charge in [0, 0.05) is 0 Å². The van der Waals surface area contributed by atoms with Crippen LogP contribution in [0.25, 0.3) is 0 Å². The van der Waals surface area contributed by atoms with Crippen molar-refractivity contribution in [1.82, 2.24) is 0 Å². The van der Waals surface area contributed by atoms with Crippen LogP contribution in [0.2, 0.25) is 0 Å². The molecule has 0 radical (unpaired) electrons. The molecule has 0 saturated heterocycles. The zero-order valence-electron chi connectivity index (χ0n) is 8.96. The third-order valence-electron chi connectivity index (χ3n) is 3.02. The Morgan fingerprint density at radius 3 is 2.71 bits per heavy atom. The molecule has 1 aliphatic carbocycles. The summed E-state index contributed by atoms with van der Waals surface area (Å²) in [5, 5.41) is 10.3. The Labute approximate surface area is 85.8 Å². The highest BCUT2D eigenvalue weighted by Gasteiger charge is 2.32. The fraction of sp³-hybridized carbons (Fsp3) is 0.538. The standard InChI is InChI=1S/C13H18O/c1-10-4-3-5-12(8-10)13(2,14)9-11-6-7-11/h3-5,8,11,14H,6-7,9H2,1-2H3. The van der Waals surface area contributed by atoms with Gasteiger partial charge in [0.05, 0.1) is 5.60 Å². The van der Waals surface area contributed by atoms with Crippen LogP contribution in [0.5, 0.6) is 0 Å². The van der Waals surface area contributed by atoms with Crippen LogP contribution in [-0.4, -0.2) is 5.11 Å². The van der Waals surface area contributed by atoms with Crippen LogP contribution in [-0.2, 0) is 5.60 Å². The summed E-state index contributed by atoms with van der Waals surface area (Å²) in [4.78, 5) is 0. The average Bonchev–Trinajstić information content (AvgIpc) is 2.87. The van der Waals surface area contributed by atoms with Crippen molar-refractivity contribution in [2.24, 2.45) is 5.92 Å². The normalized spacial score (nSPS) is 20.5. The molecular formula is C13H18O. The van der Waals surface area contributed by atoms with Gasteiger partial charge < -0.3 is 5.11 Å². The molecule has 1 aliphatic rings. The van der Waals surface area contributed by atoms with E-state index in [2.05, 4.69) is 19.1 Å². The van der Waals surface area contributed by atoms with Gasteiger partial charge in [-0.2, -0.15) is 0 Å². The first-order valence-corrected chi connectivity index (χ1v) is 5.37. The molecule has 1 saturated carbocycles. The Balaban J connectivity index is 2.18. The predicted octanol–water partition coefficient (Wildman–Crippen LogP) is 3.00. The van der Waals surface area contributed by atoms with Crippen LogP contribution in [0.3, 0.4) is 0 Å². The lowest BCUT2D eigenvalue weighted by Gasteiger charge is -2.24. The van der Waals surface area contributed by atoms with Gasteiger partial charge in [0.15, 0.2) is 0 Å². The SMILES string of the molecule is Cc1cccc(C(C)(O)CC2CC2)c1. The topological polar surface area (TPSA) is 20.2 Å². The average molecular weight is 190 g/mol. The van der Waals surface area contributed by atoms with Crippen molar-refractivity contribution in [3.63, 3.8) is 0 Å². The number of hydrogen-bond donors (Lipinski definition) is 1. The molecule has 76 valence electrons. The molecule has 1 N–H and O–H groups in total. The van der Waals surface area contributed by atoms with Crippen LogP contribution in [0.15, 0.2) is 24.3 Å². The van der Waals surface area contributed by atoms with Gasteiger partial charge in [-0.3, -0.25) is 0 Å². The van der Waals surface area contributed by atoms with E-state index < -0.39 is 5.60 Å². The quantitative estimate of drug-likeness (QED) is 0.776. The minimum absolute atomic E-state index is 0.632.